The lowest BCUT2D eigenvalue weighted by Gasteiger charge is -2.43. The fourth-order valence-electron chi connectivity index (χ4n) is 4.16. The van der Waals surface area contributed by atoms with Crippen molar-refractivity contribution in [3.8, 4) is 11.5 Å². The number of nitrogens with zero attached hydrogens (tertiary/aromatic N) is 1. The molecule has 0 aromatic heterocycles. The molecule has 7 nitrogen and oxygen atoms in total. The lowest BCUT2D eigenvalue weighted by atomic mass is 9.73. The number of rotatable bonds is 5. The first-order valence-corrected chi connectivity index (χ1v) is 10.5. The van der Waals surface area contributed by atoms with Crippen LogP contribution in [0.1, 0.15) is 57.2 Å². The number of nitro benzene ring substituents is 1. The van der Waals surface area contributed by atoms with Crippen LogP contribution in [0.4, 0.5) is 18.9 Å². The van der Waals surface area contributed by atoms with Crippen molar-refractivity contribution in [3.63, 3.8) is 0 Å². The van der Waals surface area contributed by atoms with Crippen LogP contribution in [0, 0.1) is 10.1 Å². The first-order chi connectivity index (χ1) is 15.6. The van der Waals surface area contributed by atoms with E-state index in [0.717, 1.165) is 12.1 Å². The summed E-state index contributed by atoms with van der Waals surface area (Å²) in [6.45, 7) is 8.17. The van der Waals surface area contributed by atoms with Crippen LogP contribution in [0.5, 0.6) is 11.5 Å². The Morgan fingerprint density at radius 2 is 1.53 bits per heavy atom. The van der Waals surface area contributed by atoms with E-state index in [1.807, 2.05) is 6.92 Å². The zero-order chi connectivity index (χ0) is 25.6. The average molecular weight is 479 g/mol. The molecular formula is C24H24F3NO6. The van der Waals surface area contributed by atoms with E-state index in [1.165, 1.54) is 12.1 Å². The number of ketones is 2. The molecule has 182 valence electrons. The minimum absolute atomic E-state index is 0.0804. The standard InChI is InChI=1S/C24H24F3NO6/c1-6-13-7-8-14(33-15-9-10-18(28(31)32)17(12-15)24(25,26)27)11-16(13)19-20(29)22(2,3)34-23(4,5)21(19)30/h7-12,19H,6H2,1-5H3. The van der Waals surface area contributed by atoms with E-state index < -0.39 is 51.0 Å². The lowest BCUT2D eigenvalue weighted by Crippen LogP contribution is -2.58. The molecule has 2 aromatic carbocycles. The van der Waals surface area contributed by atoms with Crippen LogP contribution in [0.3, 0.4) is 0 Å². The molecule has 1 saturated heterocycles. The quantitative estimate of drug-likeness (QED) is 0.307. The highest BCUT2D eigenvalue weighted by Crippen LogP contribution is 2.42. The van der Waals surface area contributed by atoms with Crippen LogP contribution in [0.25, 0.3) is 0 Å². The molecule has 1 heterocycles. The van der Waals surface area contributed by atoms with Gasteiger partial charge in [-0.3, -0.25) is 19.7 Å². The van der Waals surface area contributed by atoms with Gasteiger partial charge in [-0.1, -0.05) is 13.0 Å². The normalized spacial score (nSPS) is 18.1. The number of nitro groups is 1. The van der Waals surface area contributed by atoms with Gasteiger partial charge in [-0.25, -0.2) is 0 Å². The van der Waals surface area contributed by atoms with Crippen molar-refractivity contribution in [1.82, 2.24) is 0 Å². The first kappa shape index (κ1) is 25.4. The molecule has 0 bridgehead atoms. The highest BCUT2D eigenvalue weighted by atomic mass is 19.4. The molecule has 2 aromatic rings. The molecule has 0 atom stereocenters. The molecule has 1 aliphatic heterocycles. The van der Waals surface area contributed by atoms with Gasteiger partial charge in [0.05, 0.1) is 4.92 Å². The molecular weight excluding hydrogens is 455 g/mol. The second-order valence-electron chi connectivity index (χ2n) is 9.03. The SMILES string of the molecule is CCc1ccc(Oc2ccc([N+](=O)[O-])c(C(F)(F)F)c2)cc1C1C(=O)C(C)(C)OC(C)(C)C1=O. The van der Waals surface area contributed by atoms with Gasteiger partial charge in [-0.05, 0) is 69.5 Å². The number of aryl methyl sites for hydroxylation is 1. The molecule has 3 rings (SSSR count). The predicted octanol–water partition coefficient (Wildman–Crippen LogP) is 5.78. The third kappa shape index (κ3) is 4.68. The molecule has 0 saturated carbocycles. The fraction of sp³-hybridized carbons (Fsp3) is 0.417. The maximum atomic E-state index is 13.3. The second kappa shape index (κ2) is 8.50. The number of alkyl halides is 3. The Kier molecular flexibility index (Phi) is 6.34. The first-order valence-electron chi connectivity index (χ1n) is 10.5. The summed E-state index contributed by atoms with van der Waals surface area (Å²) in [5.74, 6) is -2.20. The zero-order valence-corrected chi connectivity index (χ0v) is 19.3. The van der Waals surface area contributed by atoms with Crippen LogP contribution in [-0.4, -0.2) is 27.7 Å². The van der Waals surface area contributed by atoms with Crippen molar-refractivity contribution in [3.05, 3.63) is 63.2 Å². The van der Waals surface area contributed by atoms with Crippen molar-refractivity contribution < 1.29 is 37.2 Å². The van der Waals surface area contributed by atoms with Gasteiger partial charge in [0.1, 0.15) is 34.2 Å². The Bertz CT molecular complexity index is 1140. The zero-order valence-electron chi connectivity index (χ0n) is 19.3. The number of benzene rings is 2. The Morgan fingerprint density at radius 1 is 1.00 bits per heavy atom. The minimum atomic E-state index is -4.96. The maximum absolute atomic E-state index is 13.3. The lowest BCUT2D eigenvalue weighted by molar-refractivity contribution is -0.388. The van der Waals surface area contributed by atoms with Crippen molar-refractivity contribution in [2.75, 3.05) is 0 Å². The van der Waals surface area contributed by atoms with Crippen LogP contribution < -0.4 is 4.74 Å². The average Bonchev–Trinajstić information content (AvgIpc) is 2.71. The van der Waals surface area contributed by atoms with Crippen LogP contribution in [0.15, 0.2) is 36.4 Å². The van der Waals surface area contributed by atoms with Crippen LogP contribution in [-0.2, 0) is 26.9 Å². The van der Waals surface area contributed by atoms with E-state index >= 15 is 0 Å². The highest BCUT2D eigenvalue weighted by Gasteiger charge is 2.53. The number of hydrogen-bond donors (Lipinski definition) is 0. The summed E-state index contributed by atoms with van der Waals surface area (Å²) in [6.07, 6.45) is -4.47. The van der Waals surface area contributed by atoms with E-state index in [9.17, 15) is 32.9 Å². The third-order valence-electron chi connectivity index (χ3n) is 5.74. The Hall–Kier alpha value is -3.27. The number of carbonyl (C=O) groups excluding carboxylic acids is 2. The van der Waals surface area contributed by atoms with Crippen LogP contribution >= 0.6 is 0 Å². The molecule has 0 unspecified atom stereocenters. The largest absolute Gasteiger partial charge is 0.457 e. The van der Waals surface area contributed by atoms with E-state index in [4.69, 9.17) is 9.47 Å². The summed E-state index contributed by atoms with van der Waals surface area (Å²) in [7, 11) is 0. The fourth-order valence-corrected chi connectivity index (χ4v) is 4.16. The Morgan fingerprint density at radius 3 is 2.03 bits per heavy atom. The summed E-state index contributed by atoms with van der Waals surface area (Å²) < 4.78 is 51.3. The Balaban J connectivity index is 2.07. The van der Waals surface area contributed by atoms with Gasteiger partial charge in [0.2, 0.25) is 0 Å². The van der Waals surface area contributed by atoms with Gasteiger partial charge in [-0.2, -0.15) is 13.2 Å². The summed E-state index contributed by atoms with van der Waals surface area (Å²) in [5.41, 5.74) is -3.92. The highest BCUT2D eigenvalue weighted by molar-refractivity contribution is 6.15. The van der Waals surface area contributed by atoms with Crippen molar-refractivity contribution in [1.29, 1.82) is 0 Å². The van der Waals surface area contributed by atoms with E-state index in [-0.39, 0.29) is 11.5 Å². The number of Topliss-reactive ketones (excluding diaryl/α,β-unsaturated/α-hetero) is 2. The minimum Gasteiger partial charge on any atom is -0.457 e. The molecule has 0 aliphatic carbocycles. The van der Waals surface area contributed by atoms with E-state index in [2.05, 4.69) is 0 Å². The molecule has 34 heavy (non-hydrogen) atoms. The van der Waals surface area contributed by atoms with Crippen molar-refractivity contribution >= 4 is 17.3 Å². The van der Waals surface area contributed by atoms with Gasteiger partial charge in [0.25, 0.3) is 5.69 Å². The number of hydrogen-bond acceptors (Lipinski definition) is 6. The van der Waals surface area contributed by atoms with Gasteiger partial charge in [-0.15, -0.1) is 0 Å². The summed E-state index contributed by atoms with van der Waals surface area (Å²) in [6, 6.07) is 6.90. The summed E-state index contributed by atoms with van der Waals surface area (Å²) >= 11 is 0. The van der Waals surface area contributed by atoms with E-state index in [1.54, 1.807) is 33.8 Å². The summed E-state index contributed by atoms with van der Waals surface area (Å²) in [4.78, 5) is 36.2. The monoisotopic (exact) mass is 479 g/mol. The molecule has 1 fully saturated rings. The number of halogens is 3. The molecule has 0 amide bonds. The van der Waals surface area contributed by atoms with Crippen molar-refractivity contribution in [2.24, 2.45) is 0 Å². The smallest absolute Gasteiger partial charge is 0.423 e. The molecule has 10 heteroatoms. The summed E-state index contributed by atoms with van der Waals surface area (Å²) in [5, 5.41) is 11.0. The Labute approximate surface area is 194 Å². The number of ether oxygens (including phenoxy) is 2. The number of carbonyl (C=O) groups is 2. The molecule has 0 spiro atoms. The molecule has 0 radical (unpaired) electrons. The predicted molar refractivity (Wildman–Crippen MR) is 116 cm³/mol. The van der Waals surface area contributed by atoms with Crippen LogP contribution in [0.2, 0.25) is 0 Å². The van der Waals surface area contributed by atoms with Gasteiger partial charge in [0, 0.05) is 6.07 Å². The van der Waals surface area contributed by atoms with Gasteiger partial charge < -0.3 is 9.47 Å². The van der Waals surface area contributed by atoms with E-state index in [0.29, 0.717) is 23.6 Å². The maximum Gasteiger partial charge on any atom is 0.423 e. The second-order valence-corrected chi connectivity index (χ2v) is 9.03. The topological polar surface area (TPSA) is 95.7 Å². The third-order valence-corrected chi connectivity index (χ3v) is 5.74. The van der Waals surface area contributed by atoms with Gasteiger partial charge >= 0.3 is 6.18 Å². The van der Waals surface area contributed by atoms with Gasteiger partial charge in [0.15, 0.2) is 11.6 Å². The molecule has 0 N–H and O–H groups in total. The molecule has 1 aliphatic rings. The van der Waals surface area contributed by atoms with Crippen molar-refractivity contribution in [2.45, 2.75) is 64.3 Å².